The van der Waals surface area contributed by atoms with Crippen molar-refractivity contribution in [2.75, 3.05) is 5.43 Å². The summed E-state index contributed by atoms with van der Waals surface area (Å²) in [5.41, 5.74) is 2.09. The number of nitrogen functional groups attached to an aromatic ring is 1. The molecule has 0 aliphatic heterocycles. The molecule has 0 radical (unpaired) electrons. The summed E-state index contributed by atoms with van der Waals surface area (Å²) in [4.78, 5) is 10.4. The third kappa shape index (κ3) is 1.98. The van der Waals surface area contributed by atoms with Gasteiger partial charge in [0.25, 0.3) is 0 Å². The summed E-state index contributed by atoms with van der Waals surface area (Å²) < 4.78 is 13.0. The van der Waals surface area contributed by atoms with E-state index in [1.165, 1.54) is 12.1 Å². The second-order valence-corrected chi connectivity index (χ2v) is 2.62. The molecule has 0 fully saturated rings. The van der Waals surface area contributed by atoms with Crippen LogP contribution >= 0.6 is 0 Å². The summed E-state index contributed by atoms with van der Waals surface area (Å²) in [7, 11) is 0. The summed E-state index contributed by atoms with van der Waals surface area (Å²) in [6, 6.07) is 3.43. The molecule has 0 bridgehead atoms. The summed E-state index contributed by atoms with van der Waals surface area (Å²) in [5.74, 6) is 2.82. The van der Waals surface area contributed by atoms with Crippen molar-refractivity contribution < 1.29 is 19.4 Å². The van der Waals surface area contributed by atoms with Gasteiger partial charge < -0.3 is 15.6 Å². The number of nitrogens with two attached hydrogens (primary N) is 1. The van der Waals surface area contributed by atoms with Crippen molar-refractivity contribution in [3.05, 3.63) is 29.6 Å². The molecule has 0 aromatic heterocycles. The van der Waals surface area contributed by atoms with Crippen LogP contribution in [-0.2, 0) is 4.79 Å². The van der Waals surface area contributed by atoms with E-state index in [-0.39, 0.29) is 11.3 Å². The molecule has 1 rings (SSSR count). The number of aliphatic hydroxyl groups excluding tert-OH is 1. The van der Waals surface area contributed by atoms with Gasteiger partial charge in [-0.2, -0.15) is 0 Å². The van der Waals surface area contributed by atoms with Crippen LogP contribution in [0.4, 0.5) is 10.1 Å². The Morgan fingerprint density at radius 1 is 1.57 bits per heavy atom. The van der Waals surface area contributed by atoms with E-state index in [1.54, 1.807) is 0 Å². The van der Waals surface area contributed by atoms with E-state index in [2.05, 4.69) is 5.43 Å². The van der Waals surface area contributed by atoms with Gasteiger partial charge in [0, 0.05) is 0 Å². The number of benzene rings is 1. The highest BCUT2D eigenvalue weighted by atomic mass is 19.1. The lowest BCUT2D eigenvalue weighted by Crippen LogP contribution is -2.12. The number of anilines is 1. The van der Waals surface area contributed by atoms with Crippen molar-refractivity contribution in [3.8, 4) is 0 Å². The first-order valence-electron chi connectivity index (χ1n) is 3.73. The van der Waals surface area contributed by atoms with E-state index >= 15 is 0 Å². The van der Waals surface area contributed by atoms with Gasteiger partial charge in [0.05, 0.1) is 5.69 Å². The molecule has 6 heteroatoms. The predicted octanol–water partition coefficient (Wildman–Crippen LogP) is 0.229. The number of hydrogen-bond acceptors (Lipinski definition) is 4. The molecule has 1 atom stereocenters. The van der Waals surface area contributed by atoms with Gasteiger partial charge in [-0.15, -0.1) is 0 Å². The quantitative estimate of drug-likeness (QED) is 0.413. The number of hydrogen-bond donors (Lipinski definition) is 4. The third-order valence-electron chi connectivity index (χ3n) is 1.70. The van der Waals surface area contributed by atoms with Crippen molar-refractivity contribution in [1.29, 1.82) is 0 Å². The molecule has 1 aromatic carbocycles. The maximum atomic E-state index is 13.0. The van der Waals surface area contributed by atoms with Crippen LogP contribution in [0.25, 0.3) is 0 Å². The van der Waals surface area contributed by atoms with Gasteiger partial charge in [-0.05, 0) is 17.7 Å². The van der Waals surface area contributed by atoms with Crippen molar-refractivity contribution in [1.82, 2.24) is 0 Å². The third-order valence-corrected chi connectivity index (χ3v) is 1.70. The Morgan fingerprint density at radius 2 is 2.21 bits per heavy atom. The van der Waals surface area contributed by atoms with Crippen LogP contribution in [0.15, 0.2) is 18.2 Å². The fourth-order valence-electron chi connectivity index (χ4n) is 0.961. The lowest BCUT2D eigenvalue weighted by molar-refractivity contribution is -0.146. The van der Waals surface area contributed by atoms with Gasteiger partial charge in [-0.25, -0.2) is 9.18 Å². The lowest BCUT2D eigenvalue weighted by atomic mass is 10.1. The minimum atomic E-state index is -1.73. The Hall–Kier alpha value is -1.66. The molecule has 1 unspecified atom stereocenters. The number of rotatable bonds is 3. The number of nitrogens with one attached hydrogen (secondary N) is 1. The molecule has 76 valence electrons. The average molecular weight is 200 g/mol. The number of carboxylic acid groups (broad SMARTS) is 1. The zero-order valence-corrected chi connectivity index (χ0v) is 7.07. The maximum Gasteiger partial charge on any atom is 0.337 e. The van der Waals surface area contributed by atoms with Crippen LogP contribution in [0.5, 0.6) is 0 Å². The number of halogens is 1. The molecular formula is C8H9FN2O3. The van der Waals surface area contributed by atoms with Gasteiger partial charge in [0.1, 0.15) is 5.82 Å². The molecule has 0 aliphatic rings. The van der Waals surface area contributed by atoms with Crippen LogP contribution in [0.3, 0.4) is 0 Å². The molecule has 5 N–H and O–H groups in total. The number of hydrazine groups is 1. The minimum Gasteiger partial charge on any atom is -0.479 e. The number of aliphatic carboxylic acids is 1. The second-order valence-electron chi connectivity index (χ2n) is 2.62. The van der Waals surface area contributed by atoms with Crippen molar-refractivity contribution in [3.63, 3.8) is 0 Å². The Balaban J connectivity index is 3.02. The van der Waals surface area contributed by atoms with Crippen molar-refractivity contribution >= 4 is 11.7 Å². The average Bonchev–Trinajstić information content (AvgIpc) is 2.16. The first-order valence-corrected chi connectivity index (χ1v) is 3.73. The van der Waals surface area contributed by atoms with Crippen molar-refractivity contribution in [2.24, 2.45) is 5.84 Å². The van der Waals surface area contributed by atoms with E-state index in [0.717, 1.165) is 6.07 Å². The van der Waals surface area contributed by atoms with Gasteiger partial charge in [0.15, 0.2) is 6.10 Å². The van der Waals surface area contributed by atoms with Crippen LogP contribution < -0.4 is 11.3 Å². The topological polar surface area (TPSA) is 95.6 Å². The summed E-state index contributed by atoms with van der Waals surface area (Å²) in [5, 5.41) is 17.5. The van der Waals surface area contributed by atoms with E-state index < -0.39 is 17.9 Å². The Labute approximate surface area is 78.9 Å². The highest BCUT2D eigenvalue weighted by Gasteiger charge is 2.17. The summed E-state index contributed by atoms with van der Waals surface area (Å²) in [6.07, 6.45) is -1.73. The highest BCUT2D eigenvalue weighted by molar-refractivity contribution is 5.74. The van der Waals surface area contributed by atoms with E-state index in [4.69, 9.17) is 16.1 Å². The number of carbonyl (C=O) groups is 1. The number of carboxylic acids is 1. The number of aliphatic hydroxyl groups is 1. The van der Waals surface area contributed by atoms with Crippen molar-refractivity contribution in [2.45, 2.75) is 6.10 Å². The Bertz CT molecular complexity index is 356. The summed E-state index contributed by atoms with van der Waals surface area (Å²) >= 11 is 0. The van der Waals surface area contributed by atoms with Crippen LogP contribution in [0.1, 0.15) is 11.7 Å². The normalized spacial score (nSPS) is 12.2. The summed E-state index contributed by atoms with van der Waals surface area (Å²) in [6.45, 7) is 0. The fraction of sp³-hybridized carbons (Fsp3) is 0.125. The van der Waals surface area contributed by atoms with E-state index in [1.807, 2.05) is 0 Å². The highest BCUT2D eigenvalue weighted by Crippen LogP contribution is 2.19. The largest absolute Gasteiger partial charge is 0.479 e. The first kappa shape index (κ1) is 10.4. The van der Waals surface area contributed by atoms with E-state index in [9.17, 15) is 9.18 Å². The molecular weight excluding hydrogens is 191 g/mol. The van der Waals surface area contributed by atoms with E-state index in [0.29, 0.717) is 0 Å². The Morgan fingerprint density at radius 3 is 2.64 bits per heavy atom. The molecule has 0 heterocycles. The molecule has 1 aromatic rings. The predicted molar refractivity (Wildman–Crippen MR) is 46.8 cm³/mol. The standard InChI is InChI=1S/C8H9FN2O3/c9-5-3-4(7(12)8(13)14)1-2-6(5)11-10/h1-3,7,11-12H,10H2,(H,13,14). The molecule has 14 heavy (non-hydrogen) atoms. The zero-order valence-electron chi connectivity index (χ0n) is 7.07. The lowest BCUT2D eigenvalue weighted by Gasteiger charge is -2.07. The smallest absolute Gasteiger partial charge is 0.337 e. The minimum absolute atomic E-state index is 0.0333. The molecule has 0 spiro atoms. The van der Waals surface area contributed by atoms with Crippen LogP contribution in [-0.4, -0.2) is 16.2 Å². The SMILES string of the molecule is NNc1ccc(C(O)C(=O)O)cc1F. The van der Waals surface area contributed by atoms with Gasteiger partial charge in [0.2, 0.25) is 0 Å². The second kappa shape index (κ2) is 4.03. The van der Waals surface area contributed by atoms with Crippen LogP contribution in [0, 0.1) is 5.82 Å². The maximum absolute atomic E-state index is 13.0. The van der Waals surface area contributed by atoms with Crippen LogP contribution in [0.2, 0.25) is 0 Å². The monoisotopic (exact) mass is 200 g/mol. The zero-order chi connectivity index (χ0) is 10.7. The molecule has 5 nitrogen and oxygen atoms in total. The fourth-order valence-corrected chi connectivity index (χ4v) is 0.961. The molecule has 0 amide bonds. The molecule has 0 aliphatic carbocycles. The Kier molecular flexibility index (Phi) is 3.00. The molecule has 0 saturated heterocycles. The first-order chi connectivity index (χ1) is 6.56. The van der Waals surface area contributed by atoms with Gasteiger partial charge in [-0.1, -0.05) is 6.07 Å². The van der Waals surface area contributed by atoms with Gasteiger partial charge in [-0.3, -0.25) is 5.84 Å². The van der Waals surface area contributed by atoms with Gasteiger partial charge >= 0.3 is 5.97 Å². The molecule has 0 saturated carbocycles.